The summed E-state index contributed by atoms with van der Waals surface area (Å²) in [5, 5.41) is 8.02. The number of aromatic amines is 2. The van der Waals surface area contributed by atoms with Gasteiger partial charge in [-0.1, -0.05) is 26.0 Å². The molecule has 1 amide bonds. The van der Waals surface area contributed by atoms with E-state index in [0.29, 0.717) is 35.8 Å². The number of hydrogen-bond donors (Lipinski definition) is 2. The average molecular weight is 365 g/mol. The lowest BCUT2D eigenvalue weighted by Gasteiger charge is -2.31. The van der Waals surface area contributed by atoms with Crippen molar-refractivity contribution in [2.75, 3.05) is 13.1 Å². The van der Waals surface area contributed by atoms with Crippen LogP contribution in [0, 0.1) is 0 Å². The fourth-order valence-electron chi connectivity index (χ4n) is 3.59. The van der Waals surface area contributed by atoms with Crippen LogP contribution in [0.4, 0.5) is 0 Å². The van der Waals surface area contributed by atoms with Gasteiger partial charge in [-0.15, -0.1) is 0 Å². The third kappa shape index (κ3) is 3.37. The number of H-pyrrole nitrogens is 2. The highest BCUT2D eigenvalue weighted by Gasteiger charge is 2.27. The van der Waals surface area contributed by atoms with E-state index in [1.165, 1.54) is 0 Å². The zero-order valence-electron chi connectivity index (χ0n) is 15.5. The van der Waals surface area contributed by atoms with Gasteiger partial charge in [0.1, 0.15) is 0 Å². The van der Waals surface area contributed by atoms with Crippen molar-refractivity contribution in [1.29, 1.82) is 0 Å². The molecule has 0 atom stereocenters. The van der Waals surface area contributed by atoms with E-state index in [1.54, 1.807) is 23.1 Å². The molecule has 2 aromatic heterocycles. The second-order valence-corrected chi connectivity index (χ2v) is 7.40. The van der Waals surface area contributed by atoms with Gasteiger partial charge in [-0.05, 0) is 37.0 Å². The van der Waals surface area contributed by atoms with E-state index in [4.69, 9.17) is 0 Å². The summed E-state index contributed by atoms with van der Waals surface area (Å²) in [6.45, 7) is 5.52. The van der Waals surface area contributed by atoms with Crippen molar-refractivity contribution in [3.8, 4) is 0 Å². The van der Waals surface area contributed by atoms with E-state index in [2.05, 4.69) is 40.1 Å². The highest BCUT2D eigenvalue weighted by molar-refractivity contribution is 5.92. The van der Waals surface area contributed by atoms with E-state index < -0.39 is 0 Å². The van der Waals surface area contributed by atoms with Gasteiger partial charge in [-0.25, -0.2) is 4.98 Å². The SMILES string of the molecule is CC(C)c1cc(C2CCN(C(=O)c3nc4ccccc4c(=O)[nH]3)CC2)[nH]n1. The minimum absolute atomic E-state index is 0.112. The lowest BCUT2D eigenvalue weighted by molar-refractivity contribution is 0.0699. The first-order chi connectivity index (χ1) is 13.0. The molecule has 140 valence electrons. The number of fused-ring (bicyclic) bond motifs is 1. The summed E-state index contributed by atoms with van der Waals surface area (Å²) in [6, 6.07) is 9.18. The van der Waals surface area contributed by atoms with Crippen molar-refractivity contribution in [3.05, 3.63) is 57.9 Å². The van der Waals surface area contributed by atoms with E-state index >= 15 is 0 Å². The predicted molar refractivity (Wildman–Crippen MR) is 103 cm³/mol. The van der Waals surface area contributed by atoms with Gasteiger partial charge >= 0.3 is 0 Å². The molecule has 0 unspecified atom stereocenters. The van der Waals surface area contributed by atoms with E-state index in [1.807, 2.05) is 6.07 Å². The molecule has 27 heavy (non-hydrogen) atoms. The maximum Gasteiger partial charge on any atom is 0.289 e. The van der Waals surface area contributed by atoms with Crippen molar-refractivity contribution in [2.45, 2.75) is 38.5 Å². The van der Waals surface area contributed by atoms with E-state index in [0.717, 1.165) is 24.2 Å². The molecule has 1 aliphatic rings. The Balaban J connectivity index is 1.48. The topological polar surface area (TPSA) is 94.7 Å². The largest absolute Gasteiger partial charge is 0.336 e. The molecule has 4 rings (SSSR count). The summed E-state index contributed by atoms with van der Waals surface area (Å²) in [7, 11) is 0. The number of rotatable bonds is 3. The van der Waals surface area contributed by atoms with Crippen LogP contribution in [0.3, 0.4) is 0 Å². The van der Waals surface area contributed by atoms with Crippen LogP contribution in [-0.2, 0) is 0 Å². The first kappa shape index (κ1) is 17.5. The van der Waals surface area contributed by atoms with Crippen LogP contribution >= 0.6 is 0 Å². The summed E-state index contributed by atoms with van der Waals surface area (Å²) >= 11 is 0. The fraction of sp³-hybridized carbons (Fsp3) is 0.400. The lowest BCUT2D eigenvalue weighted by atomic mass is 9.93. The zero-order valence-corrected chi connectivity index (χ0v) is 15.5. The van der Waals surface area contributed by atoms with Gasteiger partial charge in [0.25, 0.3) is 11.5 Å². The Morgan fingerprint density at radius 3 is 2.67 bits per heavy atom. The number of likely N-dealkylation sites (tertiary alicyclic amines) is 1. The normalized spacial score (nSPS) is 15.6. The van der Waals surface area contributed by atoms with Gasteiger partial charge in [0.05, 0.1) is 16.6 Å². The maximum atomic E-state index is 12.8. The molecule has 0 radical (unpaired) electrons. The number of carbonyl (C=O) groups is 1. The van der Waals surface area contributed by atoms with Gasteiger partial charge in [0, 0.05) is 24.7 Å². The smallest absolute Gasteiger partial charge is 0.289 e. The lowest BCUT2D eigenvalue weighted by Crippen LogP contribution is -2.39. The second-order valence-electron chi connectivity index (χ2n) is 7.40. The Morgan fingerprint density at radius 2 is 1.96 bits per heavy atom. The molecular weight excluding hydrogens is 342 g/mol. The Kier molecular flexibility index (Phi) is 4.51. The minimum Gasteiger partial charge on any atom is -0.336 e. The Morgan fingerprint density at radius 1 is 1.22 bits per heavy atom. The summed E-state index contributed by atoms with van der Waals surface area (Å²) in [4.78, 5) is 33.8. The first-order valence-corrected chi connectivity index (χ1v) is 9.36. The number of nitrogens with zero attached hydrogens (tertiary/aromatic N) is 3. The molecular formula is C20H23N5O2. The number of aromatic nitrogens is 4. The molecule has 1 aromatic carbocycles. The maximum absolute atomic E-state index is 12.8. The van der Waals surface area contributed by atoms with Gasteiger partial charge in [-0.2, -0.15) is 5.10 Å². The van der Waals surface area contributed by atoms with Gasteiger partial charge in [0.15, 0.2) is 5.82 Å². The number of carbonyl (C=O) groups excluding carboxylic acids is 1. The highest BCUT2D eigenvalue weighted by atomic mass is 16.2. The number of nitrogens with one attached hydrogen (secondary N) is 2. The number of amides is 1. The summed E-state index contributed by atoms with van der Waals surface area (Å²) < 4.78 is 0. The Labute approximate surface area is 156 Å². The molecule has 1 fully saturated rings. The van der Waals surface area contributed by atoms with Gasteiger partial charge in [0.2, 0.25) is 0 Å². The van der Waals surface area contributed by atoms with Crippen molar-refractivity contribution in [1.82, 2.24) is 25.1 Å². The molecule has 1 aliphatic heterocycles. The van der Waals surface area contributed by atoms with E-state index in [-0.39, 0.29) is 17.3 Å². The molecule has 7 nitrogen and oxygen atoms in total. The van der Waals surface area contributed by atoms with Crippen LogP contribution in [0.2, 0.25) is 0 Å². The van der Waals surface area contributed by atoms with Crippen LogP contribution in [0.25, 0.3) is 10.9 Å². The van der Waals surface area contributed by atoms with Crippen molar-refractivity contribution in [3.63, 3.8) is 0 Å². The molecule has 3 aromatic rings. The van der Waals surface area contributed by atoms with Crippen LogP contribution in [-0.4, -0.2) is 44.1 Å². The quantitative estimate of drug-likeness (QED) is 0.746. The summed E-state index contributed by atoms with van der Waals surface area (Å²) in [5.41, 5.74) is 2.47. The number of para-hydroxylation sites is 1. The summed E-state index contributed by atoms with van der Waals surface area (Å²) in [5.74, 6) is 0.662. The molecule has 0 spiro atoms. The van der Waals surface area contributed by atoms with Crippen LogP contribution in [0.5, 0.6) is 0 Å². The number of piperidine rings is 1. The Hall–Kier alpha value is -2.96. The standard InChI is InChI=1S/C20H23N5O2/c1-12(2)16-11-17(24-23-16)13-7-9-25(10-8-13)20(27)18-21-15-6-4-3-5-14(15)19(26)22-18/h3-6,11-13H,7-10H2,1-2H3,(H,23,24)(H,21,22,26). The number of hydrogen-bond acceptors (Lipinski definition) is 4. The van der Waals surface area contributed by atoms with E-state index in [9.17, 15) is 9.59 Å². The fourth-order valence-corrected chi connectivity index (χ4v) is 3.59. The molecule has 3 heterocycles. The molecule has 2 N–H and O–H groups in total. The molecule has 0 aliphatic carbocycles. The Bertz CT molecular complexity index is 1030. The van der Waals surface area contributed by atoms with Crippen molar-refractivity contribution in [2.24, 2.45) is 0 Å². The zero-order chi connectivity index (χ0) is 19.0. The molecule has 1 saturated heterocycles. The van der Waals surface area contributed by atoms with Gasteiger partial charge < -0.3 is 9.88 Å². The summed E-state index contributed by atoms with van der Waals surface area (Å²) in [6.07, 6.45) is 1.73. The third-order valence-corrected chi connectivity index (χ3v) is 5.25. The second kappa shape index (κ2) is 6.98. The molecule has 0 bridgehead atoms. The first-order valence-electron chi connectivity index (χ1n) is 9.36. The number of benzene rings is 1. The average Bonchev–Trinajstić information content (AvgIpc) is 3.18. The van der Waals surface area contributed by atoms with Crippen molar-refractivity contribution >= 4 is 16.8 Å². The van der Waals surface area contributed by atoms with Crippen LogP contribution in [0.1, 0.15) is 60.5 Å². The molecule has 7 heteroatoms. The third-order valence-electron chi connectivity index (χ3n) is 5.25. The highest BCUT2D eigenvalue weighted by Crippen LogP contribution is 2.28. The van der Waals surface area contributed by atoms with Crippen LogP contribution in [0.15, 0.2) is 35.1 Å². The molecule has 0 saturated carbocycles. The predicted octanol–water partition coefficient (Wildman–Crippen LogP) is 2.79. The monoisotopic (exact) mass is 365 g/mol. The van der Waals surface area contributed by atoms with Crippen LogP contribution < -0.4 is 5.56 Å². The minimum atomic E-state index is -0.280. The van der Waals surface area contributed by atoms with Gasteiger partial charge in [-0.3, -0.25) is 14.7 Å². The van der Waals surface area contributed by atoms with Crippen molar-refractivity contribution < 1.29 is 4.79 Å².